The summed E-state index contributed by atoms with van der Waals surface area (Å²) < 4.78 is 7.61. The highest BCUT2D eigenvalue weighted by Gasteiger charge is 2.35. The lowest BCUT2D eigenvalue weighted by Gasteiger charge is -2.37. The van der Waals surface area contributed by atoms with Crippen molar-refractivity contribution in [2.45, 2.75) is 66.2 Å². The molecule has 1 fully saturated rings. The van der Waals surface area contributed by atoms with Gasteiger partial charge >= 0.3 is 5.97 Å². The molecule has 4 rings (SSSR count). The van der Waals surface area contributed by atoms with Crippen LogP contribution in [0.3, 0.4) is 0 Å². The molecule has 0 spiro atoms. The SMILES string of the molecule is CCN(CC)c1ccc(-c2nc3ccccc3n2[C@H](O)C(=O)O[C@@H]2C[C@H](C)CCC2C(C)C)cc1. The molecule has 1 N–H and O–H groups in total. The minimum absolute atomic E-state index is 0.174. The maximum atomic E-state index is 13.3. The highest BCUT2D eigenvalue weighted by Crippen LogP contribution is 2.36. The first-order chi connectivity index (χ1) is 16.8. The van der Waals surface area contributed by atoms with E-state index in [2.05, 4.69) is 51.7 Å². The van der Waals surface area contributed by atoms with E-state index in [-0.39, 0.29) is 6.10 Å². The van der Waals surface area contributed by atoms with E-state index < -0.39 is 12.2 Å². The van der Waals surface area contributed by atoms with Gasteiger partial charge in [-0.15, -0.1) is 0 Å². The Labute approximate surface area is 208 Å². The molecule has 0 saturated heterocycles. The van der Waals surface area contributed by atoms with Crippen molar-refractivity contribution in [3.8, 4) is 11.4 Å². The molecule has 0 amide bonds. The number of para-hydroxylation sites is 2. The minimum Gasteiger partial charge on any atom is -0.459 e. The summed E-state index contributed by atoms with van der Waals surface area (Å²) in [5.74, 6) is 1.19. The largest absolute Gasteiger partial charge is 0.459 e. The van der Waals surface area contributed by atoms with Crippen LogP contribution in [0.5, 0.6) is 0 Å². The number of carbonyl (C=O) groups is 1. The Hall–Kier alpha value is -2.86. The topological polar surface area (TPSA) is 67.6 Å². The van der Waals surface area contributed by atoms with E-state index >= 15 is 0 Å². The second-order valence-electron chi connectivity index (χ2n) is 10.2. The van der Waals surface area contributed by atoms with Crippen molar-refractivity contribution >= 4 is 22.7 Å². The highest BCUT2D eigenvalue weighted by molar-refractivity contribution is 5.84. The summed E-state index contributed by atoms with van der Waals surface area (Å²) in [5, 5.41) is 11.3. The minimum atomic E-state index is -1.47. The number of carbonyl (C=O) groups excluding carboxylic acids is 1. The second-order valence-corrected chi connectivity index (χ2v) is 10.2. The Morgan fingerprint density at radius 2 is 1.80 bits per heavy atom. The predicted molar refractivity (Wildman–Crippen MR) is 141 cm³/mol. The fraction of sp³-hybridized carbons (Fsp3) is 0.517. The van der Waals surface area contributed by atoms with E-state index in [1.54, 1.807) is 4.57 Å². The molecule has 0 bridgehead atoms. The van der Waals surface area contributed by atoms with E-state index in [0.29, 0.717) is 29.1 Å². The van der Waals surface area contributed by atoms with Crippen molar-refractivity contribution in [3.63, 3.8) is 0 Å². The molecular formula is C29H39N3O3. The molecule has 35 heavy (non-hydrogen) atoms. The summed E-state index contributed by atoms with van der Waals surface area (Å²) in [6.07, 6.45) is 1.40. The van der Waals surface area contributed by atoms with Crippen LogP contribution in [0, 0.1) is 17.8 Å². The van der Waals surface area contributed by atoms with Crippen molar-refractivity contribution < 1.29 is 14.6 Å². The zero-order valence-corrected chi connectivity index (χ0v) is 21.6. The summed E-state index contributed by atoms with van der Waals surface area (Å²) >= 11 is 0. The van der Waals surface area contributed by atoms with Crippen LogP contribution in [0.2, 0.25) is 0 Å². The number of hydrogen-bond donors (Lipinski definition) is 1. The smallest absolute Gasteiger partial charge is 0.357 e. The normalized spacial score (nSPS) is 21.3. The van der Waals surface area contributed by atoms with Crippen LogP contribution >= 0.6 is 0 Å². The van der Waals surface area contributed by atoms with Gasteiger partial charge in [-0.1, -0.05) is 39.3 Å². The fourth-order valence-electron chi connectivity index (χ4n) is 5.47. The second kappa shape index (κ2) is 10.8. The lowest BCUT2D eigenvalue weighted by molar-refractivity contribution is -0.170. The number of benzene rings is 2. The van der Waals surface area contributed by atoms with Crippen molar-refractivity contribution in [2.75, 3.05) is 18.0 Å². The van der Waals surface area contributed by atoms with Gasteiger partial charge in [-0.05, 0) is 80.8 Å². The van der Waals surface area contributed by atoms with Gasteiger partial charge in [0.15, 0.2) is 0 Å². The van der Waals surface area contributed by atoms with Gasteiger partial charge in [0.2, 0.25) is 6.23 Å². The molecule has 1 aliphatic rings. The van der Waals surface area contributed by atoms with E-state index in [9.17, 15) is 9.90 Å². The third kappa shape index (κ3) is 5.22. The van der Waals surface area contributed by atoms with Crippen molar-refractivity contribution in [1.82, 2.24) is 9.55 Å². The zero-order valence-electron chi connectivity index (χ0n) is 21.6. The maximum absolute atomic E-state index is 13.3. The lowest BCUT2D eigenvalue weighted by atomic mass is 9.75. The molecule has 0 radical (unpaired) electrons. The summed E-state index contributed by atoms with van der Waals surface area (Å²) in [6.45, 7) is 12.7. The Balaban J connectivity index is 1.66. The number of fused-ring (bicyclic) bond motifs is 1. The highest BCUT2D eigenvalue weighted by atomic mass is 16.6. The number of aliphatic hydroxyl groups is 1. The standard InChI is InChI=1S/C29H39N3O3/c1-6-31(7-2)22-15-13-21(14-16-22)27-30-24-10-8-9-11-25(24)32(27)28(33)29(34)35-26-18-20(5)12-17-23(26)19(3)4/h8-11,13-16,19-20,23,26,28,33H,6-7,12,17-18H2,1-5H3/t20-,23?,26-,28-/m1/s1. The van der Waals surface area contributed by atoms with Crippen LogP contribution in [0.1, 0.15) is 60.1 Å². The van der Waals surface area contributed by atoms with Crippen LogP contribution in [0.15, 0.2) is 48.5 Å². The number of nitrogens with zero attached hydrogens (tertiary/aromatic N) is 3. The molecule has 1 aromatic heterocycles. The first-order valence-electron chi connectivity index (χ1n) is 13.0. The third-order valence-corrected chi connectivity index (χ3v) is 7.53. The molecular weight excluding hydrogens is 438 g/mol. The Bertz CT molecular complexity index is 1130. The van der Waals surface area contributed by atoms with E-state index in [0.717, 1.165) is 49.1 Å². The van der Waals surface area contributed by atoms with E-state index in [1.807, 2.05) is 36.4 Å². The van der Waals surface area contributed by atoms with Crippen LogP contribution in [0.4, 0.5) is 5.69 Å². The molecule has 1 saturated carbocycles. The van der Waals surface area contributed by atoms with Gasteiger partial charge in [0, 0.05) is 24.3 Å². The van der Waals surface area contributed by atoms with Gasteiger partial charge in [-0.2, -0.15) is 0 Å². The van der Waals surface area contributed by atoms with E-state index in [4.69, 9.17) is 9.72 Å². The number of anilines is 1. The average Bonchev–Trinajstić information content (AvgIpc) is 3.24. The molecule has 4 atom stereocenters. The van der Waals surface area contributed by atoms with Crippen molar-refractivity contribution in [2.24, 2.45) is 17.8 Å². The van der Waals surface area contributed by atoms with Crippen molar-refractivity contribution in [3.05, 3.63) is 48.5 Å². The van der Waals surface area contributed by atoms with Gasteiger partial charge in [0.1, 0.15) is 11.9 Å². The molecule has 1 heterocycles. The van der Waals surface area contributed by atoms with Crippen LogP contribution in [-0.2, 0) is 9.53 Å². The summed E-state index contributed by atoms with van der Waals surface area (Å²) in [6, 6.07) is 15.7. The number of imidazole rings is 1. The first kappa shape index (κ1) is 25.2. The molecule has 6 heteroatoms. The lowest BCUT2D eigenvalue weighted by Crippen LogP contribution is -2.37. The molecule has 1 aliphatic carbocycles. The van der Waals surface area contributed by atoms with Crippen LogP contribution in [-0.4, -0.2) is 39.8 Å². The van der Waals surface area contributed by atoms with Gasteiger partial charge in [-0.3, -0.25) is 4.57 Å². The molecule has 6 nitrogen and oxygen atoms in total. The maximum Gasteiger partial charge on any atom is 0.357 e. The summed E-state index contributed by atoms with van der Waals surface area (Å²) in [4.78, 5) is 20.4. The Kier molecular flexibility index (Phi) is 7.80. The summed E-state index contributed by atoms with van der Waals surface area (Å²) in [7, 11) is 0. The number of aromatic nitrogens is 2. The van der Waals surface area contributed by atoms with Crippen LogP contribution < -0.4 is 4.90 Å². The first-order valence-corrected chi connectivity index (χ1v) is 13.0. The fourth-order valence-corrected chi connectivity index (χ4v) is 5.47. The summed E-state index contributed by atoms with van der Waals surface area (Å²) in [5.41, 5.74) is 3.41. The molecule has 3 aromatic rings. The van der Waals surface area contributed by atoms with Crippen molar-refractivity contribution in [1.29, 1.82) is 0 Å². The molecule has 1 unspecified atom stereocenters. The Morgan fingerprint density at radius 1 is 1.11 bits per heavy atom. The molecule has 188 valence electrons. The van der Waals surface area contributed by atoms with Gasteiger partial charge in [0.05, 0.1) is 11.0 Å². The van der Waals surface area contributed by atoms with Gasteiger partial charge in [0.25, 0.3) is 0 Å². The number of hydrogen-bond acceptors (Lipinski definition) is 5. The average molecular weight is 478 g/mol. The van der Waals surface area contributed by atoms with Crippen LogP contribution in [0.25, 0.3) is 22.4 Å². The number of ether oxygens (including phenoxy) is 1. The molecule has 0 aliphatic heterocycles. The zero-order chi connectivity index (χ0) is 25.1. The number of rotatable bonds is 8. The monoisotopic (exact) mass is 477 g/mol. The van der Waals surface area contributed by atoms with Gasteiger partial charge < -0.3 is 14.7 Å². The predicted octanol–water partition coefficient (Wildman–Crippen LogP) is 6.04. The Morgan fingerprint density at radius 3 is 2.46 bits per heavy atom. The quantitative estimate of drug-likeness (QED) is 0.400. The number of aliphatic hydroxyl groups excluding tert-OH is 1. The molecule has 2 aromatic carbocycles. The number of esters is 1. The third-order valence-electron chi connectivity index (χ3n) is 7.53. The van der Waals surface area contributed by atoms with Gasteiger partial charge in [-0.25, -0.2) is 9.78 Å². The van der Waals surface area contributed by atoms with E-state index in [1.165, 1.54) is 0 Å².